The molecular weight excluding hydrogens is 394 g/mol. The molecule has 5 nitrogen and oxygen atoms in total. The zero-order valence-electron chi connectivity index (χ0n) is 17.1. The van der Waals surface area contributed by atoms with E-state index in [1.165, 1.54) is 10.4 Å². The number of rotatable bonds is 9. The van der Waals surface area contributed by atoms with Gasteiger partial charge in [-0.3, -0.25) is 9.69 Å². The predicted octanol–water partition coefficient (Wildman–Crippen LogP) is 3.80. The summed E-state index contributed by atoms with van der Waals surface area (Å²) in [6.07, 6.45) is 6.63. The normalized spacial score (nSPS) is 17.8. The van der Waals surface area contributed by atoms with E-state index in [1.54, 1.807) is 11.3 Å². The zero-order valence-corrected chi connectivity index (χ0v) is 17.9. The first-order valence-corrected chi connectivity index (χ1v) is 11.5. The SMILES string of the molecule is O=C(C[C@H](c1cccs1)n1cccc1)NCc1ccccc1CN1CCC[C@@H]1CO. The van der Waals surface area contributed by atoms with Gasteiger partial charge in [0.2, 0.25) is 5.91 Å². The number of aliphatic hydroxyl groups excluding tert-OH is 1. The molecule has 1 aliphatic heterocycles. The Hall–Kier alpha value is -2.41. The average molecular weight is 424 g/mol. The van der Waals surface area contributed by atoms with Gasteiger partial charge in [0.15, 0.2) is 0 Å². The van der Waals surface area contributed by atoms with Crippen molar-refractivity contribution in [2.75, 3.05) is 13.2 Å². The molecule has 1 aliphatic rings. The summed E-state index contributed by atoms with van der Waals surface area (Å²) in [7, 11) is 0. The van der Waals surface area contributed by atoms with Crippen LogP contribution >= 0.6 is 11.3 Å². The van der Waals surface area contributed by atoms with Gasteiger partial charge in [-0.1, -0.05) is 30.3 Å². The molecule has 0 saturated carbocycles. The van der Waals surface area contributed by atoms with Gasteiger partial charge in [-0.25, -0.2) is 0 Å². The third-order valence-corrected chi connectivity index (χ3v) is 6.89. The molecule has 2 N–H and O–H groups in total. The fraction of sp³-hybridized carbons (Fsp3) is 0.375. The van der Waals surface area contributed by atoms with Gasteiger partial charge >= 0.3 is 0 Å². The van der Waals surface area contributed by atoms with Crippen LogP contribution in [0.3, 0.4) is 0 Å². The van der Waals surface area contributed by atoms with E-state index in [0.29, 0.717) is 13.0 Å². The summed E-state index contributed by atoms with van der Waals surface area (Å²) < 4.78 is 2.10. The molecule has 3 heterocycles. The first-order valence-electron chi connectivity index (χ1n) is 10.6. The Balaban J connectivity index is 1.39. The van der Waals surface area contributed by atoms with Crippen molar-refractivity contribution in [3.8, 4) is 0 Å². The summed E-state index contributed by atoms with van der Waals surface area (Å²) in [4.78, 5) is 16.3. The van der Waals surface area contributed by atoms with Gasteiger partial charge in [0.1, 0.15) is 0 Å². The molecule has 0 aliphatic carbocycles. The third-order valence-electron chi connectivity index (χ3n) is 5.92. The molecule has 158 valence electrons. The highest BCUT2D eigenvalue weighted by atomic mass is 32.1. The number of amides is 1. The second kappa shape index (κ2) is 10.1. The van der Waals surface area contributed by atoms with Crippen molar-refractivity contribution in [3.05, 3.63) is 82.3 Å². The van der Waals surface area contributed by atoms with Gasteiger partial charge in [-0.2, -0.15) is 0 Å². The van der Waals surface area contributed by atoms with Crippen molar-refractivity contribution in [2.24, 2.45) is 0 Å². The Kier molecular flexibility index (Phi) is 7.00. The minimum atomic E-state index is 0.0187. The van der Waals surface area contributed by atoms with E-state index in [0.717, 1.165) is 31.5 Å². The van der Waals surface area contributed by atoms with E-state index in [-0.39, 0.29) is 24.6 Å². The fourth-order valence-corrected chi connectivity index (χ4v) is 5.08. The average Bonchev–Trinajstić information content (AvgIpc) is 3.54. The van der Waals surface area contributed by atoms with Crippen LogP contribution in [0.4, 0.5) is 0 Å². The summed E-state index contributed by atoms with van der Waals surface area (Å²) in [6, 6.07) is 16.7. The molecule has 6 heteroatoms. The van der Waals surface area contributed by atoms with E-state index in [9.17, 15) is 9.90 Å². The van der Waals surface area contributed by atoms with E-state index < -0.39 is 0 Å². The van der Waals surface area contributed by atoms with Crippen LogP contribution < -0.4 is 5.32 Å². The molecule has 30 heavy (non-hydrogen) atoms. The Morgan fingerprint density at radius 3 is 2.67 bits per heavy atom. The maximum atomic E-state index is 12.8. The number of aromatic nitrogens is 1. The van der Waals surface area contributed by atoms with Crippen molar-refractivity contribution >= 4 is 17.2 Å². The third kappa shape index (κ3) is 5.01. The van der Waals surface area contributed by atoms with Crippen LogP contribution in [0.15, 0.2) is 66.3 Å². The Morgan fingerprint density at radius 1 is 1.13 bits per heavy atom. The Morgan fingerprint density at radius 2 is 1.93 bits per heavy atom. The van der Waals surface area contributed by atoms with E-state index in [4.69, 9.17) is 0 Å². The highest BCUT2D eigenvalue weighted by Crippen LogP contribution is 2.26. The highest BCUT2D eigenvalue weighted by molar-refractivity contribution is 7.10. The van der Waals surface area contributed by atoms with Crippen LogP contribution in [-0.4, -0.2) is 39.7 Å². The smallest absolute Gasteiger partial charge is 0.222 e. The lowest BCUT2D eigenvalue weighted by Crippen LogP contribution is -2.32. The molecule has 1 saturated heterocycles. The lowest BCUT2D eigenvalue weighted by Gasteiger charge is -2.24. The number of hydrogen-bond donors (Lipinski definition) is 2. The minimum absolute atomic E-state index is 0.0187. The number of carbonyl (C=O) groups excluding carboxylic acids is 1. The van der Waals surface area contributed by atoms with Gasteiger partial charge in [0.05, 0.1) is 19.1 Å². The van der Waals surface area contributed by atoms with E-state index >= 15 is 0 Å². The number of aliphatic hydroxyl groups is 1. The topological polar surface area (TPSA) is 57.5 Å². The van der Waals surface area contributed by atoms with Gasteiger partial charge in [0, 0.05) is 36.4 Å². The second-order valence-electron chi connectivity index (χ2n) is 7.86. The first-order chi connectivity index (χ1) is 14.7. The van der Waals surface area contributed by atoms with Gasteiger partial charge < -0.3 is 15.0 Å². The summed E-state index contributed by atoms with van der Waals surface area (Å²) in [5.41, 5.74) is 2.36. The van der Waals surface area contributed by atoms with Gasteiger partial charge in [-0.05, 0) is 54.1 Å². The van der Waals surface area contributed by atoms with E-state index in [1.807, 2.05) is 42.7 Å². The van der Waals surface area contributed by atoms with Crippen molar-refractivity contribution in [3.63, 3.8) is 0 Å². The number of likely N-dealkylation sites (tertiary alicyclic amines) is 1. The molecule has 0 unspecified atom stereocenters. The van der Waals surface area contributed by atoms with Crippen LogP contribution in [0.5, 0.6) is 0 Å². The largest absolute Gasteiger partial charge is 0.395 e. The van der Waals surface area contributed by atoms with Gasteiger partial charge in [-0.15, -0.1) is 11.3 Å². The molecule has 4 rings (SSSR count). The number of nitrogens with one attached hydrogen (secondary N) is 1. The van der Waals surface area contributed by atoms with Crippen molar-refractivity contribution < 1.29 is 9.90 Å². The monoisotopic (exact) mass is 423 g/mol. The van der Waals surface area contributed by atoms with Crippen LogP contribution in [0, 0.1) is 0 Å². The number of benzene rings is 1. The maximum absolute atomic E-state index is 12.8. The molecule has 2 atom stereocenters. The van der Waals surface area contributed by atoms with Crippen molar-refractivity contribution in [1.82, 2.24) is 14.8 Å². The molecule has 2 aromatic heterocycles. The molecule has 1 amide bonds. The van der Waals surface area contributed by atoms with Crippen molar-refractivity contribution in [2.45, 2.75) is 44.4 Å². The maximum Gasteiger partial charge on any atom is 0.222 e. The quantitative estimate of drug-likeness (QED) is 0.550. The zero-order chi connectivity index (χ0) is 20.8. The Labute approximate surface area is 182 Å². The minimum Gasteiger partial charge on any atom is -0.395 e. The Bertz CT molecular complexity index is 890. The van der Waals surface area contributed by atoms with E-state index in [2.05, 4.69) is 38.4 Å². The fourth-order valence-electron chi connectivity index (χ4n) is 4.24. The summed E-state index contributed by atoms with van der Waals surface area (Å²) in [6.45, 7) is 2.57. The predicted molar refractivity (Wildman–Crippen MR) is 120 cm³/mol. The molecule has 0 bridgehead atoms. The van der Waals surface area contributed by atoms with Crippen LogP contribution in [-0.2, 0) is 17.9 Å². The number of carbonyl (C=O) groups is 1. The molecule has 1 aromatic carbocycles. The molecule has 0 spiro atoms. The summed E-state index contributed by atoms with van der Waals surface area (Å²) in [5.74, 6) is 0.0475. The van der Waals surface area contributed by atoms with Crippen LogP contribution in [0.2, 0.25) is 0 Å². The number of nitrogens with zero attached hydrogens (tertiary/aromatic N) is 2. The molecule has 3 aromatic rings. The standard InChI is InChI=1S/C24H29N3O2S/c28-18-21-9-5-13-27(21)17-20-8-2-1-7-19(20)16-25-24(29)15-22(23-10-6-14-30-23)26-11-3-4-12-26/h1-4,6-8,10-12,14,21-22,28H,5,9,13,15-18H2,(H,25,29)/t21-,22-/m1/s1. The molecular formula is C24H29N3O2S. The van der Waals surface area contributed by atoms with Crippen molar-refractivity contribution in [1.29, 1.82) is 0 Å². The first kappa shape index (κ1) is 20.8. The summed E-state index contributed by atoms with van der Waals surface area (Å²) >= 11 is 1.68. The van der Waals surface area contributed by atoms with Gasteiger partial charge in [0.25, 0.3) is 0 Å². The molecule has 0 radical (unpaired) electrons. The lowest BCUT2D eigenvalue weighted by atomic mass is 10.1. The van der Waals surface area contributed by atoms with Crippen LogP contribution in [0.1, 0.15) is 41.3 Å². The lowest BCUT2D eigenvalue weighted by molar-refractivity contribution is -0.121. The molecule has 1 fully saturated rings. The summed E-state index contributed by atoms with van der Waals surface area (Å²) in [5, 5.41) is 14.8. The number of hydrogen-bond acceptors (Lipinski definition) is 4. The number of thiophene rings is 1. The second-order valence-corrected chi connectivity index (χ2v) is 8.84. The van der Waals surface area contributed by atoms with Crippen LogP contribution in [0.25, 0.3) is 0 Å². The highest BCUT2D eigenvalue weighted by Gasteiger charge is 2.24.